The molecule has 0 aliphatic heterocycles. The Kier molecular flexibility index (Phi) is 4.75. The van der Waals surface area contributed by atoms with E-state index in [0.717, 1.165) is 19.4 Å². The molecule has 2 aromatic rings. The fraction of sp³-hybridized carbons (Fsp3) is 0.333. The van der Waals surface area contributed by atoms with Gasteiger partial charge in [0.1, 0.15) is 0 Å². The standard InChI is InChI=1S/C18H23N/c1-4-12-19-18(14(2)3)13-16-10-7-9-15-8-5-6-11-17(15)16/h5-11,18-19H,2,4,12-13H2,1,3H3. The van der Waals surface area contributed by atoms with Crippen LogP contribution in [0.25, 0.3) is 10.8 Å². The zero-order chi connectivity index (χ0) is 13.7. The van der Waals surface area contributed by atoms with Gasteiger partial charge in [0.15, 0.2) is 0 Å². The molecule has 0 aromatic heterocycles. The SMILES string of the molecule is C=C(C)C(Cc1cccc2ccccc12)NCCC. The Hall–Kier alpha value is -1.60. The molecule has 0 saturated carbocycles. The van der Waals surface area contributed by atoms with E-state index in [4.69, 9.17) is 0 Å². The van der Waals surface area contributed by atoms with Gasteiger partial charge in [-0.3, -0.25) is 0 Å². The number of hydrogen-bond acceptors (Lipinski definition) is 1. The van der Waals surface area contributed by atoms with Crippen molar-refractivity contribution in [2.75, 3.05) is 6.54 Å². The predicted molar refractivity (Wildman–Crippen MR) is 84.5 cm³/mol. The predicted octanol–water partition coefficient (Wildman–Crippen LogP) is 4.33. The van der Waals surface area contributed by atoms with Crippen molar-refractivity contribution >= 4 is 10.8 Å². The number of benzene rings is 2. The minimum atomic E-state index is 0.366. The average molecular weight is 253 g/mol. The van der Waals surface area contributed by atoms with E-state index < -0.39 is 0 Å². The maximum atomic E-state index is 4.12. The van der Waals surface area contributed by atoms with E-state index in [1.165, 1.54) is 21.9 Å². The van der Waals surface area contributed by atoms with Crippen molar-refractivity contribution in [1.82, 2.24) is 5.32 Å². The van der Waals surface area contributed by atoms with Crippen molar-refractivity contribution in [2.24, 2.45) is 0 Å². The van der Waals surface area contributed by atoms with Crippen LogP contribution in [0.15, 0.2) is 54.6 Å². The molecule has 0 aliphatic rings. The van der Waals surface area contributed by atoms with Crippen molar-refractivity contribution in [3.05, 3.63) is 60.2 Å². The lowest BCUT2D eigenvalue weighted by atomic mass is 9.96. The van der Waals surface area contributed by atoms with Crippen molar-refractivity contribution < 1.29 is 0 Å². The van der Waals surface area contributed by atoms with Gasteiger partial charge in [-0.2, -0.15) is 0 Å². The topological polar surface area (TPSA) is 12.0 Å². The lowest BCUT2D eigenvalue weighted by Crippen LogP contribution is -2.32. The average Bonchev–Trinajstić information content (AvgIpc) is 2.43. The van der Waals surface area contributed by atoms with Crippen LogP contribution in [0.3, 0.4) is 0 Å². The summed E-state index contributed by atoms with van der Waals surface area (Å²) in [6, 6.07) is 15.5. The first-order valence-corrected chi connectivity index (χ1v) is 7.07. The third kappa shape index (κ3) is 3.45. The molecule has 0 aliphatic carbocycles. The van der Waals surface area contributed by atoms with E-state index in [0.29, 0.717) is 6.04 Å². The number of hydrogen-bond donors (Lipinski definition) is 1. The van der Waals surface area contributed by atoms with E-state index in [2.05, 4.69) is 68.2 Å². The number of rotatable bonds is 6. The second-order valence-electron chi connectivity index (χ2n) is 5.20. The van der Waals surface area contributed by atoms with Crippen molar-refractivity contribution in [3.63, 3.8) is 0 Å². The molecule has 0 heterocycles. The van der Waals surface area contributed by atoms with Crippen LogP contribution < -0.4 is 5.32 Å². The molecule has 1 nitrogen and oxygen atoms in total. The van der Waals surface area contributed by atoms with Gasteiger partial charge < -0.3 is 5.32 Å². The molecular weight excluding hydrogens is 230 g/mol. The molecule has 0 radical (unpaired) electrons. The van der Waals surface area contributed by atoms with Gasteiger partial charge in [-0.15, -0.1) is 0 Å². The highest BCUT2D eigenvalue weighted by Crippen LogP contribution is 2.21. The summed E-state index contributed by atoms with van der Waals surface area (Å²) in [5, 5.41) is 6.25. The zero-order valence-corrected chi connectivity index (χ0v) is 11.9. The van der Waals surface area contributed by atoms with Gasteiger partial charge in [-0.25, -0.2) is 0 Å². The molecule has 0 spiro atoms. The summed E-state index contributed by atoms with van der Waals surface area (Å²) in [6.45, 7) is 9.47. The first-order chi connectivity index (χ1) is 9.22. The highest BCUT2D eigenvalue weighted by Gasteiger charge is 2.11. The molecule has 2 rings (SSSR count). The molecule has 19 heavy (non-hydrogen) atoms. The first kappa shape index (κ1) is 13.8. The highest BCUT2D eigenvalue weighted by atomic mass is 14.9. The van der Waals surface area contributed by atoms with Gasteiger partial charge >= 0.3 is 0 Å². The highest BCUT2D eigenvalue weighted by molar-refractivity contribution is 5.85. The summed E-state index contributed by atoms with van der Waals surface area (Å²) in [5.41, 5.74) is 2.61. The lowest BCUT2D eigenvalue weighted by Gasteiger charge is -2.19. The molecule has 0 amide bonds. The normalized spacial score (nSPS) is 12.5. The Morgan fingerprint density at radius 2 is 1.89 bits per heavy atom. The molecule has 1 N–H and O–H groups in total. The summed E-state index contributed by atoms with van der Waals surface area (Å²) in [7, 11) is 0. The second kappa shape index (κ2) is 6.53. The van der Waals surface area contributed by atoms with E-state index in [-0.39, 0.29) is 0 Å². The van der Waals surface area contributed by atoms with Gasteiger partial charge in [-0.1, -0.05) is 61.5 Å². The summed E-state index contributed by atoms with van der Waals surface area (Å²) < 4.78 is 0. The Morgan fingerprint density at radius 3 is 2.63 bits per heavy atom. The summed E-state index contributed by atoms with van der Waals surface area (Å²) in [6.07, 6.45) is 2.16. The van der Waals surface area contributed by atoms with E-state index in [1.807, 2.05) is 0 Å². The Morgan fingerprint density at radius 1 is 1.16 bits per heavy atom. The molecule has 2 aromatic carbocycles. The van der Waals surface area contributed by atoms with Gasteiger partial charge in [0.05, 0.1) is 0 Å². The third-order valence-electron chi connectivity index (χ3n) is 3.54. The van der Waals surface area contributed by atoms with Gasteiger partial charge in [0.2, 0.25) is 0 Å². The third-order valence-corrected chi connectivity index (χ3v) is 3.54. The molecule has 100 valence electrons. The van der Waals surface area contributed by atoms with Crippen LogP contribution in [-0.2, 0) is 6.42 Å². The summed E-state index contributed by atoms with van der Waals surface area (Å²) in [5.74, 6) is 0. The Labute approximate surface area is 116 Å². The van der Waals surface area contributed by atoms with Crippen LogP contribution in [0, 0.1) is 0 Å². The fourth-order valence-corrected chi connectivity index (χ4v) is 2.43. The largest absolute Gasteiger partial charge is 0.310 e. The van der Waals surface area contributed by atoms with E-state index in [1.54, 1.807) is 0 Å². The van der Waals surface area contributed by atoms with Crippen LogP contribution in [0.1, 0.15) is 25.8 Å². The van der Waals surface area contributed by atoms with Gasteiger partial charge in [0.25, 0.3) is 0 Å². The second-order valence-corrected chi connectivity index (χ2v) is 5.20. The first-order valence-electron chi connectivity index (χ1n) is 7.07. The van der Waals surface area contributed by atoms with E-state index in [9.17, 15) is 0 Å². The van der Waals surface area contributed by atoms with Crippen LogP contribution >= 0.6 is 0 Å². The molecule has 1 atom stereocenters. The maximum Gasteiger partial charge on any atom is 0.0314 e. The molecule has 1 unspecified atom stereocenters. The molecule has 1 heteroatoms. The summed E-state index contributed by atoms with van der Waals surface area (Å²) in [4.78, 5) is 0. The van der Waals surface area contributed by atoms with Crippen LogP contribution in [0.5, 0.6) is 0 Å². The Balaban J connectivity index is 2.26. The van der Waals surface area contributed by atoms with Crippen LogP contribution in [-0.4, -0.2) is 12.6 Å². The number of nitrogens with one attached hydrogen (secondary N) is 1. The van der Waals surface area contributed by atoms with Crippen molar-refractivity contribution in [3.8, 4) is 0 Å². The fourth-order valence-electron chi connectivity index (χ4n) is 2.43. The molecule has 0 saturated heterocycles. The quantitative estimate of drug-likeness (QED) is 0.756. The van der Waals surface area contributed by atoms with Crippen molar-refractivity contribution in [2.45, 2.75) is 32.7 Å². The maximum absolute atomic E-state index is 4.12. The zero-order valence-electron chi connectivity index (χ0n) is 11.9. The molecule has 0 bridgehead atoms. The smallest absolute Gasteiger partial charge is 0.0314 e. The summed E-state index contributed by atoms with van der Waals surface area (Å²) >= 11 is 0. The minimum Gasteiger partial charge on any atom is -0.310 e. The van der Waals surface area contributed by atoms with Crippen LogP contribution in [0.4, 0.5) is 0 Å². The van der Waals surface area contributed by atoms with Gasteiger partial charge in [0, 0.05) is 6.04 Å². The monoisotopic (exact) mass is 253 g/mol. The Bertz CT molecular complexity index is 551. The molecule has 0 fully saturated rings. The van der Waals surface area contributed by atoms with Crippen LogP contribution in [0.2, 0.25) is 0 Å². The minimum absolute atomic E-state index is 0.366. The number of fused-ring (bicyclic) bond motifs is 1. The van der Waals surface area contributed by atoms with E-state index >= 15 is 0 Å². The van der Waals surface area contributed by atoms with Gasteiger partial charge in [-0.05, 0) is 42.6 Å². The molecular formula is C18H23N. The lowest BCUT2D eigenvalue weighted by molar-refractivity contribution is 0.565. The van der Waals surface area contributed by atoms with Crippen molar-refractivity contribution in [1.29, 1.82) is 0 Å².